The lowest BCUT2D eigenvalue weighted by atomic mass is 10.2. The Hall–Kier alpha value is -3.00. The van der Waals surface area contributed by atoms with Gasteiger partial charge in [-0.1, -0.05) is 23.9 Å². The molecule has 0 atom stereocenters. The van der Waals surface area contributed by atoms with Crippen LogP contribution in [0.15, 0.2) is 47.6 Å². The zero-order chi connectivity index (χ0) is 17.1. The summed E-state index contributed by atoms with van der Waals surface area (Å²) in [4.78, 5) is 30.4. The first-order chi connectivity index (χ1) is 11.5. The molecule has 0 unspecified atom stereocenters. The van der Waals surface area contributed by atoms with Crippen molar-refractivity contribution in [2.24, 2.45) is 0 Å². The maximum absolute atomic E-state index is 12.0. The maximum atomic E-state index is 12.0. The lowest BCUT2D eigenvalue weighted by molar-refractivity contribution is -0.113. The summed E-state index contributed by atoms with van der Waals surface area (Å²) in [6.45, 7) is 0. The molecule has 0 radical (unpaired) electrons. The normalized spacial score (nSPS) is 10.7. The van der Waals surface area contributed by atoms with Crippen molar-refractivity contribution in [3.63, 3.8) is 0 Å². The Balaban J connectivity index is 1.63. The number of carboxylic acids is 1. The van der Waals surface area contributed by atoms with Crippen LogP contribution >= 0.6 is 11.8 Å². The van der Waals surface area contributed by atoms with Gasteiger partial charge in [0.15, 0.2) is 5.16 Å². The van der Waals surface area contributed by atoms with E-state index in [-0.39, 0.29) is 23.0 Å². The number of aromatic amines is 1. The average molecular weight is 343 g/mol. The van der Waals surface area contributed by atoms with Gasteiger partial charge in [0.2, 0.25) is 5.91 Å². The number of nitrogens with one attached hydrogen (secondary N) is 2. The van der Waals surface area contributed by atoms with E-state index < -0.39 is 5.97 Å². The molecule has 0 saturated carbocycles. The molecule has 122 valence electrons. The van der Waals surface area contributed by atoms with E-state index in [4.69, 9.17) is 5.11 Å². The van der Waals surface area contributed by atoms with E-state index in [0.29, 0.717) is 10.8 Å². The number of carboxylic acid groups (broad SMARTS) is 1. The van der Waals surface area contributed by atoms with Gasteiger partial charge in [0, 0.05) is 5.69 Å². The maximum Gasteiger partial charge on any atom is 0.339 e. The van der Waals surface area contributed by atoms with Gasteiger partial charge in [-0.15, -0.1) is 0 Å². The molecule has 1 aromatic heterocycles. The summed E-state index contributed by atoms with van der Waals surface area (Å²) in [6.07, 6.45) is 0. The number of hydrogen-bond donors (Lipinski definition) is 4. The summed E-state index contributed by atoms with van der Waals surface area (Å²) >= 11 is 1.24. The molecule has 0 bridgehead atoms. The predicted molar refractivity (Wildman–Crippen MR) is 90.5 cm³/mol. The van der Waals surface area contributed by atoms with Gasteiger partial charge in [-0.3, -0.25) is 4.79 Å². The number of carbonyl (C=O) groups excluding carboxylic acids is 1. The van der Waals surface area contributed by atoms with Crippen LogP contribution in [-0.4, -0.2) is 37.8 Å². The third kappa shape index (κ3) is 3.49. The van der Waals surface area contributed by atoms with Crippen molar-refractivity contribution in [1.82, 2.24) is 9.97 Å². The molecule has 3 rings (SSSR count). The summed E-state index contributed by atoms with van der Waals surface area (Å²) in [7, 11) is 0. The van der Waals surface area contributed by atoms with E-state index in [1.807, 2.05) is 24.3 Å². The molecule has 0 fully saturated rings. The minimum Gasteiger partial charge on any atom is -0.507 e. The molecular formula is C16H13N3O4S. The SMILES string of the molecule is O=C(CSc1nc2ccccc2[nH]1)Nc1ccc(O)c(C(=O)O)c1. The van der Waals surface area contributed by atoms with Gasteiger partial charge in [-0.25, -0.2) is 9.78 Å². The second kappa shape index (κ2) is 6.63. The fraction of sp³-hybridized carbons (Fsp3) is 0.0625. The Labute approximate surface area is 140 Å². The predicted octanol–water partition coefficient (Wildman–Crippen LogP) is 2.70. The van der Waals surface area contributed by atoms with E-state index in [1.165, 1.54) is 30.0 Å². The van der Waals surface area contributed by atoms with E-state index >= 15 is 0 Å². The molecule has 8 heteroatoms. The van der Waals surface area contributed by atoms with Gasteiger partial charge in [-0.2, -0.15) is 0 Å². The van der Waals surface area contributed by atoms with Gasteiger partial charge in [0.25, 0.3) is 0 Å². The fourth-order valence-corrected chi connectivity index (χ4v) is 2.80. The summed E-state index contributed by atoms with van der Waals surface area (Å²) in [6, 6.07) is 11.4. The smallest absolute Gasteiger partial charge is 0.339 e. The number of carbonyl (C=O) groups is 2. The monoisotopic (exact) mass is 343 g/mol. The minimum atomic E-state index is -1.26. The Morgan fingerprint density at radius 1 is 1.21 bits per heavy atom. The third-order valence-corrected chi connectivity index (χ3v) is 4.09. The van der Waals surface area contributed by atoms with Crippen LogP contribution in [0.25, 0.3) is 11.0 Å². The van der Waals surface area contributed by atoms with E-state index in [9.17, 15) is 14.7 Å². The molecule has 0 saturated heterocycles. The second-order valence-corrected chi connectivity index (χ2v) is 5.90. The van der Waals surface area contributed by atoms with Crippen LogP contribution in [0.4, 0.5) is 5.69 Å². The van der Waals surface area contributed by atoms with Gasteiger partial charge in [-0.05, 0) is 30.3 Å². The highest BCUT2D eigenvalue weighted by Crippen LogP contribution is 2.22. The van der Waals surface area contributed by atoms with Crippen molar-refractivity contribution >= 4 is 40.4 Å². The number of fused-ring (bicyclic) bond motifs is 1. The van der Waals surface area contributed by atoms with Crippen LogP contribution in [0.1, 0.15) is 10.4 Å². The topological polar surface area (TPSA) is 115 Å². The molecule has 2 aromatic carbocycles. The number of benzene rings is 2. The number of H-pyrrole nitrogens is 1. The highest BCUT2D eigenvalue weighted by Gasteiger charge is 2.12. The highest BCUT2D eigenvalue weighted by atomic mass is 32.2. The number of aromatic nitrogens is 2. The molecule has 0 aliphatic rings. The van der Waals surface area contributed by atoms with Gasteiger partial charge >= 0.3 is 5.97 Å². The molecule has 24 heavy (non-hydrogen) atoms. The summed E-state index contributed by atoms with van der Waals surface area (Å²) in [5.41, 5.74) is 1.76. The van der Waals surface area contributed by atoms with Crippen LogP contribution in [-0.2, 0) is 4.79 Å². The number of phenols is 1. The quantitative estimate of drug-likeness (QED) is 0.418. The van der Waals surface area contributed by atoms with Gasteiger partial charge < -0.3 is 20.5 Å². The number of aromatic hydroxyl groups is 1. The number of hydrogen-bond acceptors (Lipinski definition) is 5. The molecule has 7 nitrogen and oxygen atoms in total. The summed E-state index contributed by atoms with van der Waals surface area (Å²) in [5.74, 6) is -1.80. The summed E-state index contributed by atoms with van der Waals surface area (Å²) in [5, 5.41) is 21.6. The van der Waals surface area contributed by atoms with Gasteiger partial charge in [0.1, 0.15) is 11.3 Å². The first-order valence-electron chi connectivity index (χ1n) is 6.96. The Bertz CT molecular complexity index is 890. The van der Waals surface area contributed by atoms with Crippen molar-refractivity contribution in [2.45, 2.75) is 5.16 Å². The number of aromatic carboxylic acids is 1. The molecular weight excluding hydrogens is 330 g/mol. The number of imidazole rings is 1. The van der Waals surface area contributed by atoms with Crippen molar-refractivity contribution in [1.29, 1.82) is 0 Å². The number of thioether (sulfide) groups is 1. The third-order valence-electron chi connectivity index (χ3n) is 3.22. The van der Waals surface area contributed by atoms with E-state index in [0.717, 1.165) is 11.0 Å². The van der Waals surface area contributed by atoms with E-state index in [1.54, 1.807) is 0 Å². The Morgan fingerprint density at radius 3 is 2.75 bits per heavy atom. The number of nitrogens with zero attached hydrogens (tertiary/aromatic N) is 1. The Kier molecular flexibility index (Phi) is 4.39. The van der Waals surface area contributed by atoms with Gasteiger partial charge in [0.05, 0.1) is 16.8 Å². The molecule has 0 aliphatic carbocycles. The molecule has 0 aliphatic heterocycles. The van der Waals surface area contributed by atoms with Crippen molar-refractivity contribution < 1.29 is 19.8 Å². The van der Waals surface area contributed by atoms with Crippen LogP contribution in [0, 0.1) is 0 Å². The molecule has 1 amide bonds. The minimum absolute atomic E-state index is 0.114. The summed E-state index contributed by atoms with van der Waals surface area (Å²) < 4.78 is 0. The lowest BCUT2D eigenvalue weighted by Gasteiger charge is -2.06. The fourth-order valence-electron chi connectivity index (χ4n) is 2.11. The molecule has 1 heterocycles. The molecule has 4 N–H and O–H groups in total. The van der Waals surface area contributed by atoms with Crippen LogP contribution in [0.2, 0.25) is 0 Å². The van der Waals surface area contributed by atoms with E-state index in [2.05, 4.69) is 15.3 Å². The highest BCUT2D eigenvalue weighted by molar-refractivity contribution is 7.99. The van der Waals surface area contributed by atoms with Crippen LogP contribution in [0.5, 0.6) is 5.75 Å². The second-order valence-electron chi connectivity index (χ2n) is 4.93. The lowest BCUT2D eigenvalue weighted by Crippen LogP contribution is -2.14. The first kappa shape index (κ1) is 15.9. The average Bonchev–Trinajstić information content (AvgIpc) is 2.97. The van der Waals surface area contributed by atoms with Crippen molar-refractivity contribution in [2.75, 3.05) is 11.1 Å². The van der Waals surface area contributed by atoms with Crippen molar-refractivity contribution in [3.8, 4) is 5.75 Å². The number of rotatable bonds is 5. The Morgan fingerprint density at radius 2 is 2.00 bits per heavy atom. The zero-order valence-electron chi connectivity index (χ0n) is 12.3. The number of para-hydroxylation sites is 2. The zero-order valence-corrected chi connectivity index (χ0v) is 13.1. The number of amides is 1. The first-order valence-corrected chi connectivity index (χ1v) is 7.95. The van der Waals surface area contributed by atoms with Crippen LogP contribution in [0.3, 0.4) is 0 Å². The molecule has 0 spiro atoms. The largest absolute Gasteiger partial charge is 0.507 e. The standard InChI is InChI=1S/C16H13N3O4S/c20-13-6-5-9(7-10(13)15(22)23)17-14(21)8-24-16-18-11-3-1-2-4-12(11)19-16/h1-7,20H,8H2,(H,17,21)(H,18,19)(H,22,23). The number of anilines is 1. The van der Waals surface area contributed by atoms with Crippen molar-refractivity contribution in [3.05, 3.63) is 48.0 Å². The van der Waals surface area contributed by atoms with Crippen LogP contribution < -0.4 is 5.32 Å². The molecule has 3 aromatic rings.